The van der Waals surface area contributed by atoms with Crippen LogP contribution >= 0.6 is 0 Å². The van der Waals surface area contributed by atoms with E-state index in [-0.39, 0.29) is 5.97 Å². The number of carbonyl (C=O) groups excluding carboxylic acids is 1. The number of hydrogen-bond acceptors (Lipinski definition) is 3. The molecule has 3 heteroatoms. The lowest BCUT2D eigenvalue weighted by molar-refractivity contribution is -0.144. The first kappa shape index (κ1) is 13.7. The summed E-state index contributed by atoms with van der Waals surface area (Å²) in [5, 5.41) is 0. The van der Waals surface area contributed by atoms with E-state index >= 15 is 0 Å². The van der Waals surface area contributed by atoms with Crippen molar-refractivity contribution in [3.8, 4) is 0 Å². The maximum atomic E-state index is 11.3. The molecule has 0 radical (unpaired) electrons. The second kappa shape index (κ2) is 7.85. The first-order valence-corrected chi connectivity index (χ1v) is 6.20. The maximum absolute atomic E-state index is 11.3. The van der Waals surface area contributed by atoms with Crippen LogP contribution in [0.3, 0.4) is 0 Å². The summed E-state index contributed by atoms with van der Waals surface area (Å²) >= 11 is 0. The van der Waals surface area contributed by atoms with E-state index in [1.807, 2.05) is 18.2 Å². The fourth-order valence-corrected chi connectivity index (χ4v) is 1.71. The van der Waals surface area contributed by atoms with Crippen molar-refractivity contribution in [1.82, 2.24) is 0 Å². The molecule has 94 valence electrons. The Kier molecular flexibility index (Phi) is 6.33. The standard InChI is InChI=1S/C14H21NO2/c1-2-17-14(16)13(15)11-7-6-10-12-8-4-3-5-9-12/h3-5,8-9,13H,2,6-7,10-11,15H2,1H3. The lowest BCUT2D eigenvalue weighted by Crippen LogP contribution is -2.32. The second-order valence-corrected chi connectivity index (χ2v) is 4.09. The van der Waals surface area contributed by atoms with Gasteiger partial charge in [-0.2, -0.15) is 0 Å². The molecule has 1 atom stereocenters. The van der Waals surface area contributed by atoms with Crippen molar-refractivity contribution < 1.29 is 9.53 Å². The highest BCUT2D eigenvalue weighted by molar-refractivity contribution is 5.75. The summed E-state index contributed by atoms with van der Waals surface area (Å²) in [6, 6.07) is 9.86. The highest BCUT2D eigenvalue weighted by Gasteiger charge is 2.13. The van der Waals surface area contributed by atoms with E-state index in [1.54, 1.807) is 6.92 Å². The molecule has 0 amide bonds. The molecule has 1 aromatic carbocycles. The zero-order valence-corrected chi connectivity index (χ0v) is 10.4. The topological polar surface area (TPSA) is 52.3 Å². The quantitative estimate of drug-likeness (QED) is 0.582. The minimum atomic E-state index is -0.467. The van der Waals surface area contributed by atoms with Gasteiger partial charge in [0.15, 0.2) is 0 Å². The van der Waals surface area contributed by atoms with Crippen LogP contribution in [0.25, 0.3) is 0 Å². The van der Waals surface area contributed by atoms with Gasteiger partial charge in [-0.05, 0) is 31.7 Å². The second-order valence-electron chi connectivity index (χ2n) is 4.09. The van der Waals surface area contributed by atoms with Crippen LogP contribution in [-0.2, 0) is 16.0 Å². The molecule has 0 fully saturated rings. The third-order valence-electron chi connectivity index (χ3n) is 2.66. The number of carbonyl (C=O) groups is 1. The van der Waals surface area contributed by atoms with Gasteiger partial charge in [0, 0.05) is 0 Å². The van der Waals surface area contributed by atoms with Crippen LogP contribution in [0.15, 0.2) is 30.3 Å². The van der Waals surface area contributed by atoms with Crippen molar-refractivity contribution in [2.45, 2.75) is 38.6 Å². The van der Waals surface area contributed by atoms with E-state index < -0.39 is 6.04 Å². The van der Waals surface area contributed by atoms with E-state index in [9.17, 15) is 4.79 Å². The zero-order valence-electron chi connectivity index (χ0n) is 10.4. The van der Waals surface area contributed by atoms with E-state index in [2.05, 4.69) is 12.1 Å². The summed E-state index contributed by atoms with van der Waals surface area (Å²) in [5.41, 5.74) is 7.04. The summed E-state index contributed by atoms with van der Waals surface area (Å²) in [4.78, 5) is 11.3. The van der Waals surface area contributed by atoms with Gasteiger partial charge in [0.2, 0.25) is 0 Å². The molecule has 0 aliphatic rings. The molecular weight excluding hydrogens is 214 g/mol. The first-order valence-electron chi connectivity index (χ1n) is 6.20. The van der Waals surface area contributed by atoms with Crippen molar-refractivity contribution in [3.05, 3.63) is 35.9 Å². The third-order valence-corrected chi connectivity index (χ3v) is 2.66. The fourth-order valence-electron chi connectivity index (χ4n) is 1.71. The summed E-state index contributed by atoms with van der Waals surface area (Å²) in [6.07, 6.45) is 3.74. The number of nitrogens with two attached hydrogens (primary N) is 1. The van der Waals surface area contributed by atoms with E-state index in [1.165, 1.54) is 5.56 Å². The van der Waals surface area contributed by atoms with E-state index in [4.69, 9.17) is 10.5 Å². The Balaban J connectivity index is 2.14. The van der Waals surface area contributed by atoms with Crippen molar-refractivity contribution in [2.24, 2.45) is 5.73 Å². The van der Waals surface area contributed by atoms with Gasteiger partial charge in [-0.15, -0.1) is 0 Å². The monoisotopic (exact) mass is 235 g/mol. The largest absolute Gasteiger partial charge is 0.465 e. The average molecular weight is 235 g/mol. The van der Waals surface area contributed by atoms with Crippen LogP contribution in [0.2, 0.25) is 0 Å². The van der Waals surface area contributed by atoms with Gasteiger partial charge in [-0.3, -0.25) is 4.79 Å². The summed E-state index contributed by atoms with van der Waals surface area (Å²) < 4.78 is 4.86. The van der Waals surface area contributed by atoms with Gasteiger partial charge < -0.3 is 10.5 Å². The summed E-state index contributed by atoms with van der Waals surface area (Å²) in [6.45, 7) is 2.19. The molecule has 0 heterocycles. The van der Waals surface area contributed by atoms with Crippen LogP contribution < -0.4 is 5.73 Å². The van der Waals surface area contributed by atoms with Crippen LogP contribution in [0.1, 0.15) is 31.7 Å². The zero-order chi connectivity index (χ0) is 12.5. The number of ether oxygens (including phenoxy) is 1. The minimum Gasteiger partial charge on any atom is -0.465 e. The van der Waals surface area contributed by atoms with Crippen LogP contribution in [0.4, 0.5) is 0 Å². The van der Waals surface area contributed by atoms with Crippen molar-refractivity contribution in [1.29, 1.82) is 0 Å². The van der Waals surface area contributed by atoms with Crippen molar-refractivity contribution >= 4 is 5.97 Å². The molecule has 0 aromatic heterocycles. The molecule has 0 aliphatic heterocycles. The van der Waals surface area contributed by atoms with Crippen LogP contribution in [-0.4, -0.2) is 18.6 Å². The summed E-state index contributed by atoms with van der Waals surface area (Å²) in [7, 11) is 0. The Labute approximate surface area is 103 Å². The molecule has 1 aromatic rings. The number of aryl methyl sites for hydroxylation is 1. The van der Waals surface area contributed by atoms with Gasteiger partial charge in [-0.1, -0.05) is 36.8 Å². The molecule has 0 aliphatic carbocycles. The smallest absolute Gasteiger partial charge is 0.322 e. The van der Waals surface area contributed by atoms with Crippen molar-refractivity contribution in [2.75, 3.05) is 6.61 Å². The highest BCUT2D eigenvalue weighted by Crippen LogP contribution is 2.07. The Morgan fingerprint density at radius 1 is 1.29 bits per heavy atom. The molecule has 0 saturated heterocycles. The minimum absolute atomic E-state index is 0.285. The molecule has 2 N–H and O–H groups in total. The maximum Gasteiger partial charge on any atom is 0.322 e. The van der Waals surface area contributed by atoms with Gasteiger partial charge in [-0.25, -0.2) is 0 Å². The SMILES string of the molecule is CCOC(=O)C(N)CCCCc1ccccc1. The molecule has 0 bridgehead atoms. The number of esters is 1. The molecule has 1 unspecified atom stereocenters. The normalized spacial score (nSPS) is 12.1. The van der Waals surface area contributed by atoms with Crippen LogP contribution in [0, 0.1) is 0 Å². The Morgan fingerprint density at radius 2 is 2.00 bits per heavy atom. The fraction of sp³-hybridized carbons (Fsp3) is 0.500. The first-order chi connectivity index (χ1) is 8.24. The van der Waals surface area contributed by atoms with Gasteiger partial charge in [0.1, 0.15) is 6.04 Å². The highest BCUT2D eigenvalue weighted by atomic mass is 16.5. The van der Waals surface area contributed by atoms with Crippen LogP contribution in [0.5, 0.6) is 0 Å². The van der Waals surface area contributed by atoms with Gasteiger partial charge in [0.05, 0.1) is 6.61 Å². The molecular formula is C14H21NO2. The lowest BCUT2D eigenvalue weighted by Gasteiger charge is -2.09. The van der Waals surface area contributed by atoms with E-state index in [0.29, 0.717) is 13.0 Å². The molecule has 17 heavy (non-hydrogen) atoms. The summed E-state index contributed by atoms with van der Waals surface area (Å²) in [5.74, 6) is -0.285. The molecule has 0 saturated carbocycles. The van der Waals surface area contributed by atoms with Crippen molar-refractivity contribution in [3.63, 3.8) is 0 Å². The average Bonchev–Trinajstić information content (AvgIpc) is 2.36. The molecule has 1 rings (SSSR count). The number of benzene rings is 1. The lowest BCUT2D eigenvalue weighted by atomic mass is 10.0. The number of rotatable bonds is 7. The van der Waals surface area contributed by atoms with E-state index in [0.717, 1.165) is 19.3 Å². The Bertz CT molecular complexity index is 324. The number of unbranched alkanes of at least 4 members (excludes halogenated alkanes) is 1. The molecule has 3 nitrogen and oxygen atoms in total. The van der Waals surface area contributed by atoms with Gasteiger partial charge >= 0.3 is 5.97 Å². The third kappa shape index (κ3) is 5.50. The Morgan fingerprint density at radius 3 is 2.65 bits per heavy atom. The predicted molar refractivity (Wildman–Crippen MR) is 68.6 cm³/mol. The predicted octanol–water partition coefficient (Wildman–Crippen LogP) is 2.29. The Hall–Kier alpha value is -1.35. The number of hydrogen-bond donors (Lipinski definition) is 1. The molecule has 0 spiro atoms. The van der Waals surface area contributed by atoms with Gasteiger partial charge in [0.25, 0.3) is 0 Å².